The molecule has 0 unspecified atom stereocenters. The minimum atomic E-state index is -0.772. The molecule has 0 spiro atoms. The Kier molecular flexibility index (Phi) is 5.87. The Morgan fingerprint density at radius 2 is 1.46 bits per heavy atom. The topological polar surface area (TPSA) is 9.23 Å². The number of rotatable bonds is 5. The van der Waals surface area contributed by atoms with Crippen molar-refractivity contribution in [3.05, 3.63) is 59.2 Å². The van der Waals surface area contributed by atoms with Crippen LogP contribution in [0.5, 0.6) is 5.75 Å². The van der Waals surface area contributed by atoms with E-state index in [9.17, 15) is 0 Å². The summed E-state index contributed by atoms with van der Waals surface area (Å²) in [7, 11) is 1.00. The van der Waals surface area contributed by atoms with Gasteiger partial charge in [0.1, 0.15) is 5.75 Å². The Hall–Kier alpha value is -1.41. The largest absolute Gasteiger partial charge is 0.496 e. The van der Waals surface area contributed by atoms with Gasteiger partial charge in [-0.1, -0.05) is 65.0 Å². The third kappa shape index (κ3) is 4.65. The van der Waals surface area contributed by atoms with Crippen LogP contribution in [-0.4, -0.2) is 25.9 Å². The van der Waals surface area contributed by atoms with Gasteiger partial charge in [-0.15, -0.1) is 0 Å². The summed E-state index contributed by atoms with van der Waals surface area (Å²) >= 11 is 0. The molecule has 0 aliphatic heterocycles. The fourth-order valence-electron chi connectivity index (χ4n) is 3.63. The van der Waals surface area contributed by atoms with Crippen molar-refractivity contribution in [1.29, 1.82) is 0 Å². The highest BCUT2D eigenvalue weighted by molar-refractivity contribution is 8.32. The molecular weight excluding hydrogens is 336 g/mol. The zero-order valence-electron chi connectivity index (χ0n) is 18.1. The normalized spacial score (nSPS) is 13.6. The molecule has 0 aliphatic rings. The number of hydrogen-bond acceptors (Lipinski definition) is 1. The second-order valence-corrected chi connectivity index (χ2v) is 13.8. The van der Waals surface area contributed by atoms with E-state index in [0.717, 1.165) is 12.2 Å². The van der Waals surface area contributed by atoms with Crippen molar-refractivity contribution >= 4 is 10.0 Å². The summed E-state index contributed by atoms with van der Waals surface area (Å²) in [5.74, 6) is 1.00. The molecule has 144 valence electrons. The summed E-state index contributed by atoms with van der Waals surface area (Å²) < 4.78 is 5.71. The molecule has 0 aliphatic carbocycles. The minimum absolute atomic E-state index is 0.0745. The highest BCUT2D eigenvalue weighted by Gasteiger charge is 2.27. The van der Waals surface area contributed by atoms with Gasteiger partial charge in [-0.3, -0.25) is 0 Å². The van der Waals surface area contributed by atoms with E-state index in [4.69, 9.17) is 4.74 Å². The molecule has 0 heterocycles. The first-order valence-corrected chi connectivity index (χ1v) is 12.2. The Morgan fingerprint density at radius 1 is 0.846 bits per heavy atom. The molecule has 2 aromatic rings. The van der Waals surface area contributed by atoms with Crippen molar-refractivity contribution in [2.45, 2.75) is 56.8 Å². The lowest BCUT2D eigenvalue weighted by Crippen LogP contribution is -2.23. The molecule has 2 aromatic carbocycles. The number of ether oxygens (including phenoxy) is 1. The van der Waals surface area contributed by atoms with E-state index in [0.29, 0.717) is 0 Å². The van der Waals surface area contributed by atoms with Crippen molar-refractivity contribution in [1.82, 2.24) is 0 Å². The third-order valence-corrected chi connectivity index (χ3v) is 6.67. The van der Waals surface area contributed by atoms with Gasteiger partial charge in [0.25, 0.3) is 0 Å². The Balaban J connectivity index is 2.42. The predicted octanol–water partition coefficient (Wildman–Crippen LogP) is 6.57. The van der Waals surface area contributed by atoms with Crippen molar-refractivity contribution in [3.63, 3.8) is 0 Å². The van der Waals surface area contributed by atoms with Crippen LogP contribution < -0.4 is 4.74 Å². The van der Waals surface area contributed by atoms with Crippen LogP contribution in [0.1, 0.15) is 51.3 Å². The van der Waals surface area contributed by atoms with Gasteiger partial charge in [0.05, 0.1) is 7.11 Å². The first-order valence-electron chi connectivity index (χ1n) is 9.31. The zero-order valence-corrected chi connectivity index (χ0v) is 18.9. The quantitative estimate of drug-likeness (QED) is 0.577. The highest BCUT2D eigenvalue weighted by atomic mass is 32.3. The van der Waals surface area contributed by atoms with Crippen molar-refractivity contribution in [2.24, 2.45) is 0 Å². The van der Waals surface area contributed by atoms with E-state index >= 15 is 0 Å². The van der Waals surface area contributed by atoms with Gasteiger partial charge in [0.15, 0.2) is 0 Å². The summed E-state index contributed by atoms with van der Waals surface area (Å²) in [6.45, 7) is 11.4. The fourth-order valence-corrected chi connectivity index (χ4v) is 5.12. The van der Waals surface area contributed by atoms with Gasteiger partial charge in [-0.25, -0.2) is 10.0 Å². The average Bonchev–Trinajstić information content (AvgIpc) is 2.52. The molecule has 0 saturated carbocycles. The fraction of sp³-hybridized carbons (Fsp3) is 0.500. The van der Waals surface area contributed by atoms with Crippen LogP contribution in [-0.2, 0) is 17.3 Å². The van der Waals surface area contributed by atoms with Gasteiger partial charge in [-0.2, -0.15) is 0 Å². The van der Waals surface area contributed by atoms with Crippen molar-refractivity contribution in [2.75, 3.05) is 25.9 Å². The second-order valence-electron chi connectivity index (χ2n) is 9.68. The molecule has 2 rings (SSSR count). The van der Waals surface area contributed by atoms with Crippen molar-refractivity contribution < 1.29 is 4.74 Å². The summed E-state index contributed by atoms with van der Waals surface area (Å²) in [6.07, 6.45) is 8.13. The zero-order chi connectivity index (χ0) is 19.8. The third-order valence-electron chi connectivity index (χ3n) is 5.00. The Bertz CT molecular complexity index is 761. The van der Waals surface area contributed by atoms with E-state index in [1.807, 2.05) is 0 Å². The van der Waals surface area contributed by atoms with Crippen LogP contribution in [0.25, 0.3) is 0 Å². The van der Waals surface area contributed by atoms with Crippen molar-refractivity contribution in [3.8, 4) is 5.75 Å². The summed E-state index contributed by atoms with van der Waals surface area (Å²) in [6, 6.07) is 15.7. The molecule has 0 amide bonds. The molecule has 0 bridgehead atoms. The minimum Gasteiger partial charge on any atom is -0.496 e. The molecule has 0 N–H and O–H groups in total. The summed E-state index contributed by atoms with van der Waals surface area (Å²) in [4.78, 5) is 1.52. The highest BCUT2D eigenvalue weighted by Crippen LogP contribution is 2.50. The first kappa shape index (κ1) is 20.9. The maximum atomic E-state index is 5.71. The molecule has 0 radical (unpaired) electrons. The molecule has 0 saturated heterocycles. The van der Waals surface area contributed by atoms with Gasteiger partial charge >= 0.3 is 0 Å². The molecular formula is C24H36OS. The lowest BCUT2D eigenvalue weighted by atomic mass is 9.78. The standard InChI is InChI=1S/C24H36OS/c1-23(2,3)19-15-14-18(16-21(19)25-6)17-24(4,5)20-12-10-11-13-22(20)26(7,8)9/h10-16H,17H2,1-9H3. The maximum absolute atomic E-state index is 5.71. The van der Waals surface area contributed by atoms with E-state index in [-0.39, 0.29) is 10.8 Å². The molecule has 0 fully saturated rings. The van der Waals surface area contributed by atoms with E-state index < -0.39 is 10.0 Å². The van der Waals surface area contributed by atoms with E-state index in [2.05, 4.69) is 95.9 Å². The number of methoxy groups -OCH3 is 1. The molecule has 26 heavy (non-hydrogen) atoms. The van der Waals surface area contributed by atoms with Crippen LogP contribution in [0.15, 0.2) is 47.4 Å². The van der Waals surface area contributed by atoms with Gasteiger partial charge < -0.3 is 4.74 Å². The first-order chi connectivity index (χ1) is 11.9. The van der Waals surface area contributed by atoms with Gasteiger partial charge in [0.2, 0.25) is 0 Å². The second kappa shape index (κ2) is 7.31. The SMILES string of the molecule is COc1cc(CC(C)(C)c2ccccc2S(C)(C)C)ccc1C(C)(C)C. The summed E-state index contributed by atoms with van der Waals surface area (Å²) in [5, 5.41) is 0. The van der Waals surface area contributed by atoms with Crippen LogP contribution in [0, 0.1) is 0 Å². The number of hydrogen-bond donors (Lipinski definition) is 0. The smallest absolute Gasteiger partial charge is 0.122 e. The molecule has 0 aromatic heterocycles. The monoisotopic (exact) mass is 372 g/mol. The molecule has 1 nitrogen and oxygen atoms in total. The summed E-state index contributed by atoms with van der Waals surface area (Å²) in [5.41, 5.74) is 4.23. The molecule has 2 heteroatoms. The van der Waals surface area contributed by atoms with E-state index in [1.165, 1.54) is 21.6 Å². The van der Waals surface area contributed by atoms with Crippen LogP contribution in [0.3, 0.4) is 0 Å². The average molecular weight is 373 g/mol. The Morgan fingerprint density at radius 3 is 2.00 bits per heavy atom. The van der Waals surface area contributed by atoms with Crippen LogP contribution in [0.2, 0.25) is 0 Å². The lowest BCUT2D eigenvalue weighted by molar-refractivity contribution is 0.396. The van der Waals surface area contributed by atoms with Crippen LogP contribution in [0.4, 0.5) is 0 Å². The van der Waals surface area contributed by atoms with E-state index in [1.54, 1.807) is 7.11 Å². The molecule has 0 atom stereocenters. The van der Waals surface area contributed by atoms with Gasteiger partial charge in [-0.05, 0) is 69.7 Å². The predicted molar refractivity (Wildman–Crippen MR) is 118 cm³/mol. The van der Waals surface area contributed by atoms with Gasteiger partial charge in [0, 0.05) is 0 Å². The lowest BCUT2D eigenvalue weighted by Gasteiger charge is -2.35. The maximum Gasteiger partial charge on any atom is 0.122 e. The number of benzene rings is 2. The van der Waals surface area contributed by atoms with Crippen LogP contribution >= 0.6 is 10.0 Å². The Labute approximate surface area is 162 Å².